The van der Waals surface area contributed by atoms with Crippen LogP contribution in [0.4, 0.5) is 17.3 Å². The van der Waals surface area contributed by atoms with Crippen LogP contribution in [0.1, 0.15) is 11.1 Å². The first-order valence-electron chi connectivity index (χ1n) is 8.64. The lowest BCUT2D eigenvalue weighted by molar-refractivity contribution is -0.105. The minimum absolute atomic E-state index is 0.472. The average Bonchev–Trinajstić information content (AvgIpc) is 2.66. The first-order valence-corrected chi connectivity index (χ1v) is 9.86. The van der Waals surface area contributed by atoms with Gasteiger partial charge in [-0.15, -0.1) is 11.8 Å². The Morgan fingerprint density at radius 2 is 2.00 bits per heavy atom. The normalized spacial score (nSPS) is 10.9. The third kappa shape index (κ3) is 4.85. The van der Waals surface area contributed by atoms with E-state index in [1.807, 2.05) is 56.7 Å². The Hall–Kier alpha value is -2.97. The van der Waals surface area contributed by atoms with Crippen LogP contribution in [0, 0.1) is 5.41 Å². The van der Waals surface area contributed by atoms with E-state index in [9.17, 15) is 4.79 Å². The maximum Gasteiger partial charge on any atom is 0.227 e. The average molecular weight is 395 g/mol. The van der Waals surface area contributed by atoms with Crippen molar-refractivity contribution in [2.24, 2.45) is 0 Å². The van der Waals surface area contributed by atoms with Crippen molar-refractivity contribution in [2.75, 3.05) is 31.0 Å². The van der Waals surface area contributed by atoms with Gasteiger partial charge in [-0.1, -0.05) is 6.07 Å². The lowest BCUT2D eigenvalue weighted by Crippen LogP contribution is -2.11. The van der Waals surface area contributed by atoms with Gasteiger partial charge in [0.2, 0.25) is 12.4 Å². The number of amides is 1. The van der Waals surface area contributed by atoms with E-state index >= 15 is 0 Å². The summed E-state index contributed by atoms with van der Waals surface area (Å²) in [6, 6.07) is 11.5. The van der Waals surface area contributed by atoms with Gasteiger partial charge in [-0.25, -0.2) is 9.97 Å². The van der Waals surface area contributed by atoms with Gasteiger partial charge in [0.05, 0.1) is 10.6 Å². The Morgan fingerprint density at radius 3 is 2.71 bits per heavy atom. The van der Waals surface area contributed by atoms with E-state index in [4.69, 9.17) is 5.41 Å². The highest BCUT2D eigenvalue weighted by atomic mass is 32.2. The SMILES string of the molecule is CSC(=N)c1ccc2nc(Nc3cc(CN(C)C)cc(NC=O)c3)ncc2c1. The van der Waals surface area contributed by atoms with Crippen LogP contribution in [0.3, 0.4) is 0 Å². The lowest BCUT2D eigenvalue weighted by atomic mass is 10.1. The van der Waals surface area contributed by atoms with Crippen molar-refractivity contribution in [3.8, 4) is 0 Å². The third-order valence-corrected chi connectivity index (χ3v) is 4.66. The van der Waals surface area contributed by atoms with Gasteiger partial charge in [0.1, 0.15) is 0 Å². The molecule has 0 bridgehead atoms. The fourth-order valence-corrected chi connectivity index (χ4v) is 3.22. The summed E-state index contributed by atoms with van der Waals surface area (Å²) in [5.74, 6) is 0.472. The number of thioether (sulfide) groups is 1. The molecule has 3 rings (SSSR count). The summed E-state index contributed by atoms with van der Waals surface area (Å²) < 4.78 is 0. The Bertz CT molecular complexity index is 1020. The van der Waals surface area contributed by atoms with Crippen molar-refractivity contribution < 1.29 is 4.79 Å². The van der Waals surface area contributed by atoms with Crippen LogP contribution in [0.5, 0.6) is 0 Å². The molecular formula is C20H22N6OS. The number of hydrogen-bond donors (Lipinski definition) is 3. The number of nitrogens with one attached hydrogen (secondary N) is 3. The van der Waals surface area contributed by atoms with Crippen molar-refractivity contribution in [3.63, 3.8) is 0 Å². The molecule has 0 aliphatic rings. The highest BCUT2D eigenvalue weighted by Gasteiger charge is 2.07. The maximum absolute atomic E-state index is 10.8. The van der Waals surface area contributed by atoms with Gasteiger partial charge in [-0.05, 0) is 56.2 Å². The van der Waals surface area contributed by atoms with Crippen LogP contribution in [0.2, 0.25) is 0 Å². The van der Waals surface area contributed by atoms with Gasteiger partial charge in [-0.2, -0.15) is 0 Å². The highest BCUT2D eigenvalue weighted by molar-refractivity contribution is 8.13. The topological polar surface area (TPSA) is 94.0 Å². The number of hydrogen-bond acceptors (Lipinski definition) is 7. The molecular weight excluding hydrogens is 372 g/mol. The predicted molar refractivity (Wildman–Crippen MR) is 117 cm³/mol. The minimum Gasteiger partial charge on any atom is -0.329 e. The number of carbonyl (C=O) groups excluding carboxylic acids is 1. The zero-order chi connectivity index (χ0) is 20.1. The monoisotopic (exact) mass is 394 g/mol. The number of nitrogens with zero attached hydrogens (tertiary/aromatic N) is 3. The lowest BCUT2D eigenvalue weighted by Gasteiger charge is -2.14. The smallest absolute Gasteiger partial charge is 0.227 e. The molecule has 0 atom stereocenters. The van der Waals surface area contributed by atoms with Crippen LogP contribution in [-0.2, 0) is 11.3 Å². The summed E-state index contributed by atoms with van der Waals surface area (Å²) in [6.45, 7) is 0.742. The second-order valence-electron chi connectivity index (χ2n) is 6.54. The molecule has 1 heterocycles. The maximum atomic E-state index is 10.8. The molecule has 0 radical (unpaired) electrons. The molecule has 0 fully saturated rings. The molecule has 1 aromatic heterocycles. The fraction of sp³-hybridized carbons (Fsp3) is 0.200. The van der Waals surface area contributed by atoms with Gasteiger partial charge in [-0.3, -0.25) is 10.2 Å². The van der Waals surface area contributed by atoms with Crippen molar-refractivity contribution in [2.45, 2.75) is 6.54 Å². The molecule has 1 amide bonds. The van der Waals surface area contributed by atoms with E-state index < -0.39 is 0 Å². The molecule has 8 heteroatoms. The van der Waals surface area contributed by atoms with Gasteiger partial charge < -0.3 is 15.5 Å². The van der Waals surface area contributed by atoms with Gasteiger partial charge in [0.15, 0.2) is 0 Å². The zero-order valence-corrected chi connectivity index (χ0v) is 16.8. The van der Waals surface area contributed by atoms with Crippen molar-refractivity contribution in [3.05, 3.63) is 53.7 Å². The molecule has 0 spiro atoms. The number of anilines is 3. The van der Waals surface area contributed by atoms with E-state index in [-0.39, 0.29) is 0 Å². The summed E-state index contributed by atoms with van der Waals surface area (Å²) >= 11 is 1.40. The summed E-state index contributed by atoms with van der Waals surface area (Å²) in [6.07, 6.45) is 4.29. The summed E-state index contributed by atoms with van der Waals surface area (Å²) in [5, 5.41) is 15.2. The van der Waals surface area contributed by atoms with E-state index in [0.29, 0.717) is 23.1 Å². The van der Waals surface area contributed by atoms with Crippen LogP contribution in [0.25, 0.3) is 10.9 Å². The predicted octanol–water partition coefficient (Wildman–Crippen LogP) is 3.69. The summed E-state index contributed by atoms with van der Waals surface area (Å²) in [7, 11) is 3.98. The standard InChI is InChI=1S/C20H22N6OS/c1-26(2)11-13-6-16(23-12-27)9-17(7-13)24-20-22-10-15-8-14(19(21)28-3)4-5-18(15)25-20/h4-10,12,21H,11H2,1-3H3,(H,23,27)(H,22,24,25). The summed E-state index contributed by atoms with van der Waals surface area (Å²) in [5.41, 5.74) is 4.21. The molecule has 3 N–H and O–H groups in total. The van der Waals surface area contributed by atoms with Gasteiger partial charge in [0, 0.05) is 35.1 Å². The summed E-state index contributed by atoms with van der Waals surface area (Å²) in [4.78, 5) is 21.9. The van der Waals surface area contributed by atoms with Crippen molar-refractivity contribution in [1.29, 1.82) is 5.41 Å². The second-order valence-corrected chi connectivity index (χ2v) is 7.36. The van der Waals surface area contributed by atoms with Gasteiger partial charge >= 0.3 is 0 Å². The Morgan fingerprint density at radius 1 is 1.21 bits per heavy atom. The molecule has 0 saturated carbocycles. The molecule has 28 heavy (non-hydrogen) atoms. The van der Waals surface area contributed by atoms with Gasteiger partial charge in [0.25, 0.3) is 0 Å². The van der Waals surface area contributed by atoms with Crippen LogP contribution < -0.4 is 10.6 Å². The molecule has 3 aromatic rings. The number of rotatable bonds is 7. The zero-order valence-electron chi connectivity index (χ0n) is 16.0. The molecule has 2 aromatic carbocycles. The number of carbonyl (C=O) groups is 1. The molecule has 7 nitrogen and oxygen atoms in total. The Balaban J connectivity index is 1.89. The number of fused-ring (bicyclic) bond motifs is 1. The van der Waals surface area contributed by atoms with Crippen LogP contribution in [-0.4, -0.2) is 46.7 Å². The Kier molecular flexibility index (Phi) is 6.23. The first-order chi connectivity index (χ1) is 13.5. The Labute approximate surface area is 168 Å². The molecule has 144 valence electrons. The number of aromatic nitrogens is 2. The third-order valence-electron chi connectivity index (χ3n) is 4.02. The molecule has 0 saturated heterocycles. The minimum atomic E-state index is 0.472. The van der Waals surface area contributed by atoms with Crippen molar-refractivity contribution >= 4 is 51.4 Å². The van der Waals surface area contributed by atoms with E-state index in [1.54, 1.807) is 6.20 Å². The first kappa shape index (κ1) is 19.8. The number of benzene rings is 2. The molecule has 0 unspecified atom stereocenters. The van der Waals surface area contributed by atoms with E-state index in [0.717, 1.165) is 34.3 Å². The quantitative estimate of drug-likeness (QED) is 0.321. The largest absolute Gasteiger partial charge is 0.329 e. The molecule has 0 aliphatic heterocycles. The highest BCUT2D eigenvalue weighted by Crippen LogP contribution is 2.23. The van der Waals surface area contributed by atoms with Crippen LogP contribution in [0.15, 0.2) is 42.6 Å². The molecule has 0 aliphatic carbocycles. The van der Waals surface area contributed by atoms with Crippen LogP contribution >= 0.6 is 11.8 Å². The van der Waals surface area contributed by atoms with E-state index in [1.165, 1.54) is 11.8 Å². The second kappa shape index (κ2) is 8.81. The fourth-order valence-electron chi connectivity index (χ4n) is 2.85. The van der Waals surface area contributed by atoms with Crippen molar-refractivity contribution in [1.82, 2.24) is 14.9 Å². The van der Waals surface area contributed by atoms with E-state index in [2.05, 4.69) is 25.5 Å².